The van der Waals surface area contributed by atoms with Crippen molar-refractivity contribution in [1.29, 1.82) is 0 Å². The van der Waals surface area contributed by atoms with Crippen molar-refractivity contribution in [3.8, 4) is 11.5 Å². The molecule has 0 spiro atoms. The van der Waals surface area contributed by atoms with E-state index in [4.69, 9.17) is 9.47 Å². The molecule has 2 fully saturated rings. The number of aryl methyl sites for hydroxylation is 1. The molecule has 170 valence electrons. The lowest BCUT2D eigenvalue weighted by Gasteiger charge is -2.36. The van der Waals surface area contributed by atoms with Crippen LogP contribution in [0, 0.1) is 6.92 Å². The van der Waals surface area contributed by atoms with E-state index in [1.54, 1.807) is 20.4 Å². The Morgan fingerprint density at radius 3 is 2.69 bits per heavy atom. The summed E-state index contributed by atoms with van der Waals surface area (Å²) in [4.78, 5) is 37.1. The standard InChI is InChI=1S/C24H30N4O4/c1-15-25-14-19(24(30)27-17-7-8-17)23(26-15)20-6-4-5-11-28(20)22(29)13-16-12-18(31-2)9-10-21(16)32-3/h9-10,12,14,17,20H,4-8,11,13H2,1-3H3,(H,27,30)/t20-/m0/s1. The third-order valence-electron chi connectivity index (χ3n) is 6.06. The van der Waals surface area contributed by atoms with Crippen LogP contribution in [0.25, 0.3) is 0 Å². The number of rotatable bonds is 7. The lowest BCUT2D eigenvalue weighted by Crippen LogP contribution is -2.41. The Morgan fingerprint density at radius 2 is 1.97 bits per heavy atom. The van der Waals surface area contributed by atoms with Crippen LogP contribution in [-0.4, -0.2) is 53.5 Å². The van der Waals surface area contributed by atoms with Gasteiger partial charge < -0.3 is 19.7 Å². The molecule has 2 aliphatic rings. The molecule has 1 saturated heterocycles. The third-order valence-corrected chi connectivity index (χ3v) is 6.06. The number of likely N-dealkylation sites (tertiary alicyclic amines) is 1. The summed E-state index contributed by atoms with van der Waals surface area (Å²) in [5.74, 6) is 1.74. The summed E-state index contributed by atoms with van der Waals surface area (Å²) in [6.07, 6.45) is 6.45. The zero-order valence-corrected chi connectivity index (χ0v) is 18.9. The molecule has 1 atom stereocenters. The van der Waals surface area contributed by atoms with Gasteiger partial charge in [0.2, 0.25) is 5.91 Å². The van der Waals surface area contributed by atoms with Crippen molar-refractivity contribution in [2.24, 2.45) is 0 Å². The van der Waals surface area contributed by atoms with Crippen LogP contribution >= 0.6 is 0 Å². The number of nitrogens with one attached hydrogen (secondary N) is 1. The maximum atomic E-state index is 13.5. The van der Waals surface area contributed by atoms with Crippen LogP contribution in [0.4, 0.5) is 0 Å². The van der Waals surface area contributed by atoms with Crippen molar-refractivity contribution >= 4 is 11.8 Å². The number of methoxy groups -OCH3 is 2. The van der Waals surface area contributed by atoms with Crippen LogP contribution in [0.2, 0.25) is 0 Å². The van der Waals surface area contributed by atoms with Gasteiger partial charge in [-0.15, -0.1) is 0 Å². The minimum atomic E-state index is -0.255. The highest BCUT2D eigenvalue weighted by molar-refractivity contribution is 5.95. The maximum absolute atomic E-state index is 13.5. The van der Waals surface area contributed by atoms with Gasteiger partial charge in [0.25, 0.3) is 5.91 Å². The number of nitrogens with zero attached hydrogens (tertiary/aromatic N) is 3. The molecule has 2 heterocycles. The molecule has 1 N–H and O–H groups in total. The Bertz CT molecular complexity index is 1010. The summed E-state index contributed by atoms with van der Waals surface area (Å²) in [7, 11) is 3.19. The van der Waals surface area contributed by atoms with E-state index < -0.39 is 0 Å². The fraction of sp³-hybridized carbons (Fsp3) is 0.500. The fourth-order valence-electron chi connectivity index (χ4n) is 4.21. The smallest absolute Gasteiger partial charge is 0.255 e. The molecule has 1 aromatic heterocycles. The molecule has 1 aliphatic heterocycles. The number of benzene rings is 1. The molecule has 2 amide bonds. The molecular formula is C24H30N4O4. The number of hydrogen-bond acceptors (Lipinski definition) is 6. The maximum Gasteiger partial charge on any atom is 0.255 e. The molecule has 0 radical (unpaired) electrons. The average Bonchev–Trinajstić information content (AvgIpc) is 3.62. The van der Waals surface area contributed by atoms with Gasteiger partial charge in [-0.2, -0.15) is 0 Å². The molecule has 0 unspecified atom stereocenters. The van der Waals surface area contributed by atoms with E-state index in [9.17, 15) is 9.59 Å². The summed E-state index contributed by atoms with van der Waals surface area (Å²) in [6, 6.07) is 5.43. The van der Waals surface area contributed by atoms with Crippen LogP contribution in [-0.2, 0) is 11.2 Å². The van der Waals surface area contributed by atoms with Gasteiger partial charge in [-0.1, -0.05) is 0 Å². The second-order valence-electron chi connectivity index (χ2n) is 8.42. The molecule has 1 aromatic carbocycles. The molecule has 1 aliphatic carbocycles. The number of hydrogen-bond donors (Lipinski definition) is 1. The van der Waals surface area contributed by atoms with Gasteiger partial charge in [0.15, 0.2) is 0 Å². The minimum absolute atomic E-state index is 0.0222. The van der Waals surface area contributed by atoms with Crippen molar-refractivity contribution in [2.75, 3.05) is 20.8 Å². The summed E-state index contributed by atoms with van der Waals surface area (Å²) in [5.41, 5.74) is 1.87. The molecule has 4 rings (SSSR count). The summed E-state index contributed by atoms with van der Waals surface area (Å²) in [6.45, 7) is 2.44. The predicted octanol–water partition coefficient (Wildman–Crippen LogP) is 2.99. The fourth-order valence-corrected chi connectivity index (χ4v) is 4.21. The first kappa shape index (κ1) is 22.0. The van der Waals surface area contributed by atoms with E-state index in [1.807, 2.05) is 30.0 Å². The quantitative estimate of drug-likeness (QED) is 0.714. The van der Waals surface area contributed by atoms with E-state index in [1.165, 1.54) is 0 Å². The molecular weight excluding hydrogens is 408 g/mol. The molecule has 8 heteroatoms. The van der Waals surface area contributed by atoms with Crippen molar-refractivity contribution < 1.29 is 19.1 Å². The average molecular weight is 439 g/mol. The zero-order valence-electron chi connectivity index (χ0n) is 18.9. The highest BCUT2D eigenvalue weighted by atomic mass is 16.5. The van der Waals surface area contributed by atoms with Crippen molar-refractivity contribution in [1.82, 2.24) is 20.2 Å². The first-order valence-electron chi connectivity index (χ1n) is 11.1. The third kappa shape index (κ3) is 4.84. The second-order valence-corrected chi connectivity index (χ2v) is 8.42. The summed E-state index contributed by atoms with van der Waals surface area (Å²) >= 11 is 0. The second kappa shape index (κ2) is 9.54. The van der Waals surface area contributed by atoms with Crippen molar-refractivity contribution in [2.45, 2.75) is 57.5 Å². The summed E-state index contributed by atoms with van der Waals surface area (Å²) < 4.78 is 10.8. The lowest BCUT2D eigenvalue weighted by molar-refractivity contribution is -0.134. The van der Waals surface area contributed by atoms with E-state index in [0.717, 1.165) is 37.7 Å². The Balaban J connectivity index is 1.62. The SMILES string of the molecule is COc1ccc(OC)c(CC(=O)N2CCCC[C@H]2c2nc(C)ncc2C(=O)NC2CC2)c1. The molecule has 2 aromatic rings. The number of piperidine rings is 1. The number of amides is 2. The van der Waals surface area contributed by atoms with Crippen LogP contribution in [0.15, 0.2) is 24.4 Å². The number of carbonyl (C=O) groups excluding carboxylic acids is 2. The van der Waals surface area contributed by atoms with Crippen LogP contribution in [0.5, 0.6) is 11.5 Å². The van der Waals surface area contributed by atoms with Crippen LogP contribution in [0.3, 0.4) is 0 Å². The number of aromatic nitrogens is 2. The van der Waals surface area contributed by atoms with Crippen LogP contribution < -0.4 is 14.8 Å². The predicted molar refractivity (Wildman–Crippen MR) is 119 cm³/mol. The Hall–Kier alpha value is -3.16. The van der Waals surface area contributed by atoms with E-state index >= 15 is 0 Å². The molecule has 0 bridgehead atoms. The van der Waals surface area contributed by atoms with Gasteiger partial charge in [-0.25, -0.2) is 9.97 Å². The number of carbonyl (C=O) groups is 2. The Kier molecular flexibility index (Phi) is 6.58. The molecule has 32 heavy (non-hydrogen) atoms. The minimum Gasteiger partial charge on any atom is -0.497 e. The van der Waals surface area contributed by atoms with Gasteiger partial charge in [-0.3, -0.25) is 9.59 Å². The van der Waals surface area contributed by atoms with Crippen molar-refractivity contribution in [3.05, 3.63) is 47.0 Å². The van der Waals surface area contributed by atoms with Gasteiger partial charge in [0.1, 0.15) is 17.3 Å². The van der Waals surface area contributed by atoms with Gasteiger partial charge in [0, 0.05) is 24.3 Å². The normalized spacial score (nSPS) is 18.2. The Labute approximate surface area is 188 Å². The van der Waals surface area contributed by atoms with Gasteiger partial charge in [-0.05, 0) is 57.2 Å². The Morgan fingerprint density at radius 1 is 1.16 bits per heavy atom. The molecule has 8 nitrogen and oxygen atoms in total. The molecule has 1 saturated carbocycles. The van der Waals surface area contributed by atoms with E-state index in [-0.39, 0.29) is 30.3 Å². The van der Waals surface area contributed by atoms with Crippen LogP contribution in [0.1, 0.15) is 65.6 Å². The topological polar surface area (TPSA) is 93.7 Å². The highest BCUT2D eigenvalue weighted by Crippen LogP contribution is 2.34. The van der Waals surface area contributed by atoms with E-state index in [0.29, 0.717) is 35.1 Å². The van der Waals surface area contributed by atoms with Gasteiger partial charge >= 0.3 is 0 Å². The van der Waals surface area contributed by atoms with E-state index in [2.05, 4.69) is 15.3 Å². The lowest BCUT2D eigenvalue weighted by atomic mass is 9.95. The monoisotopic (exact) mass is 438 g/mol. The zero-order chi connectivity index (χ0) is 22.7. The first-order valence-corrected chi connectivity index (χ1v) is 11.1. The first-order chi connectivity index (χ1) is 15.5. The summed E-state index contributed by atoms with van der Waals surface area (Å²) in [5, 5.41) is 3.03. The van der Waals surface area contributed by atoms with Gasteiger partial charge in [0.05, 0.1) is 37.9 Å². The number of ether oxygens (including phenoxy) is 2. The largest absolute Gasteiger partial charge is 0.497 e. The highest BCUT2D eigenvalue weighted by Gasteiger charge is 2.34. The van der Waals surface area contributed by atoms with Crippen molar-refractivity contribution in [3.63, 3.8) is 0 Å².